The molecular formula is C17H26N3O2S+. The van der Waals surface area contributed by atoms with Crippen LogP contribution in [-0.2, 0) is 11.3 Å². The van der Waals surface area contributed by atoms with Crippen molar-refractivity contribution in [3.05, 3.63) is 29.8 Å². The Morgan fingerprint density at radius 3 is 2.48 bits per heavy atom. The molecule has 1 unspecified atom stereocenters. The van der Waals surface area contributed by atoms with E-state index < -0.39 is 0 Å². The highest BCUT2D eigenvalue weighted by molar-refractivity contribution is 7.98. The summed E-state index contributed by atoms with van der Waals surface area (Å²) in [7, 11) is 1.96. The molecule has 1 aromatic carbocycles. The number of rotatable bonds is 6. The van der Waals surface area contributed by atoms with Gasteiger partial charge in [-0.2, -0.15) is 0 Å². The van der Waals surface area contributed by atoms with E-state index in [1.165, 1.54) is 10.5 Å². The van der Waals surface area contributed by atoms with E-state index in [4.69, 9.17) is 0 Å². The van der Waals surface area contributed by atoms with Crippen molar-refractivity contribution in [1.82, 2.24) is 10.6 Å². The second kappa shape index (κ2) is 8.93. The zero-order chi connectivity index (χ0) is 16.7. The molecule has 0 spiro atoms. The van der Waals surface area contributed by atoms with Crippen LogP contribution in [0.5, 0.6) is 0 Å². The van der Waals surface area contributed by atoms with E-state index >= 15 is 0 Å². The number of carbonyl (C=O) groups excluding carboxylic acids is 2. The third-order valence-electron chi connectivity index (χ3n) is 4.07. The van der Waals surface area contributed by atoms with Gasteiger partial charge < -0.3 is 10.2 Å². The Morgan fingerprint density at radius 2 is 1.87 bits per heavy atom. The van der Waals surface area contributed by atoms with Gasteiger partial charge in [0.2, 0.25) is 0 Å². The van der Waals surface area contributed by atoms with E-state index in [-0.39, 0.29) is 24.5 Å². The molecule has 1 atom stereocenters. The highest BCUT2D eigenvalue weighted by Gasteiger charge is 2.19. The van der Waals surface area contributed by atoms with E-state index in [1.807, 2.05) is 13.3 Å². The van der Waals surface area contributed by atoms with Gasteiger partial charge in [-0.25, -0.2) is 4.79 Å². The summed E-state index contributed by atoms with van der Waals surface area (Å²) < 4.78 is 0. The van der Waals surface area contributed by atoms with Crippen LogP contribution >= 0.6 is 11.8 Å². The second-order valence-corrected chi connectivity index (χ2v) is 7.04. The third kappa shape index (κ3) is 6.23. The lowest BCUT2D eigenvalue weighted by atomic mass is 10.2. The molecule has 5 nitrogen and oxygen atoms in total. The molecule has 1 fully saturated rings. The highest BCUT2D eigenvalue weighted by Crippen LogP contribution is 2.17. The van der Waals surface area contributed by atoms with Gasteiger partial charge in [0.1, 0.15) is 6.54 Å². The van der Waals surface area contributed by atoms with Crippen LogP contribution in [0, 0.1) is 0 Å². The minimum absolute atomic E-state index is 0.225. The van der Waals surface area contributed by atoms with Crippen LogP contribution in [0.2, 0.25) is 0 Å². The summed E-state index contributed by atoms with van der Waals surface area (Å²) in [5, 5.41) is 5.29. The quantitative estimate of drug-likeness (QED) is 0.684. The molecule has 0 radical (unpaired) electrons. The average molecular weight is 336 g/mol. The van der Waals surface area contributed by atoms with Crippen LogP contribution in [0.1, 0.15) is 31.2 Å². The van der Waals surface area contributed by atoms with Gasteiger partial charge in [-0.15, -0.1) is 11.8 Å². The standard InChI is InChI=1S/C17H25N3O2S/c1-20(11-13-7-9-15(23-2)10-8-13)12-16(21)19-17(22)18-14-5-3-4-6-14/h7-10,14H,3-6,11-12H2,1-2H3,(H2,18,19,21,22)/p+1. The SMILES string of the molecule is CSc1ccc(C[NH+](C)CC(=O)NC(=O)NC2CCCC2)cc1. The number of benzene rings is 1. The molecular weight excluding hydrogens is 310 g/mol. The fourth-order valence-corrected chi connectivity index (χ4v) is 3.30. The number of likely N-dealkylation sites (N-methyl/N-ethyl adjacent to an activating group) is 1. The first-order chi connectivity index (χ1) is 11.1. The van der Waals surface area contributed by atoms with Crippen molar-refractivity contribution in [1.29, 1.82) is 0 Å². The van der Waals surface area contributed by atoms with Crippen molar-refractivity contribution in [2.75, 3.05) is 19.8 Å². The van der Waals surface area contributed by atoms with Gasteiger partial charge in [0.25, 0.3) is 5.91 Å². The first-order valence-electron chi connectivity index (χ1n) is 8.11. The molecule has 0 heterocycles. The number of quaternary nitrogens is 1. The van der Waals surface area contributed by atoms with Gasteiger partial charge in [-0.1, -0.05) is 25.0 Å². The maximum atomic E-state index is 11.9. The van der Waals surface area contributed by atoms with E-state index in [1.54, 1.807) is 11.8 Å². The van der Waals surface area contributed by atoms with Gasteiger partial charge in [0.15, 0.2) is 6.54 Å². The van der Waals surface area contributed by atoms with Crippen molar-refractivity contribution in [2.45, 2.75) is 43.2 Å². The molecule has 23 heavy (non-hydrogen) atoms. The Kier molecular flexibility index (Phi) is 6.92. The van der Waals surface area contributed by atoms with E-state index in [9.17, 15) is 9.59 Å². The average Bonchev–Trinajstić information content (AvgIpc) is 3.00. The van der Waals surface area contributed by atoms with Gasteiger partial charge in [-0.3, -0.25) is 10.1 Å². The van der Waals surface area contributed by atoms with Gasteiger partial charge in [0.05, 0.1) is 7.05 Å². The zero-order valence-electron chi connectivity index (χ0n) is 13.9. The predicted octanol–water partition coefficient (Wildman–Crippen LogP) is 1.19. The topological polar surface area (TPSA) is 62.6 Å². The van der Waals surface area contributed by atoms with Crippen molar-refractivity contribution in [3.63, 3.8) is 0 Å². The zero-order valence-corrected chi connectivity index (χ0v) is 14.7. The predicted molar refractivity (Wildman–Crippen MR) is 92.6 cm³/mol. The van der Waals surface area contributed by atoms with Crippen molar-refractivity contribution in [3.8, 4) is 0 Å². The minimum atomic E-state index is -0.362. The van der Waals surface area contributed by atoms with Crippen LogP contribution in [0.4, 0.5) is 4.79 Å². The Morgan fingerprint density at radius 1 is 1.22 bits per heavy atom. The molecule has 3 N–H and O–H groups in total. The molecule has 0 saturated heterocycles. The molecule has 0 bridgehead atoms. The molecule has 1 saturated carbocycles. The lowest BCUT2D eigenvalue weighted by molar-refractivity contribution is -0.885. The summed E-state index contributed by atoms with van der Waals surface area (Å²) in [4.78, 5) is 26.0. The summed E-state index contributed by atoms with van der Waals surface area (Å²) in [5.74, 6) is -0.237. The number of carbonyl (C=O) groups is 2. The van der Waals surface area contributed by atoms with Crippen molar-refractivity contribution in [2.24, 2.45) is 0 Å². The number of hydrogen-bond donors (Lipinski definition) is 3. The maximum Gasteiger partial charge on any atom is 0.321 e. The van der Waals surface area contributed by atoms with E-state index in [0.717, 1.165) is 37.1 Å². The van der Waals surface area contributed by atoms with Crippen molar-refractivity contribution >= 4 is 23.7 Å². The number of hydrogen-bond acceptors (Lipinski definition) is 3. The molecule has 1 aliphatic rings. The minimum Gasteiger partial charge on any atom is -0.335 e. The number of amides is 3. The molecule has 3 amide bonds. The van der Waals surface area contributed by atoms with Crippen LogP contribution < -0.4 is 15.5 Å². The van der Waals surface area contributed by atoms with Crippen LogP contribution in [0.3, 0.4) is 0 Å². The summed E-state index contributed by atoms with van der Waals surface area (Å²) in [6.45, 7) is 1.04. The first kappa shape index (κ1) is 17.8. The number of urea groups is 1. The van der Waals surface area contributed by atoms with Gasteiger partial charge >= 0.3 is 6.03 Å². The van der Waals surface area contributed by atoms with Gasteiger partial charge in [-0.05, 0) is 31.2 Å². The second-order valence-electron chi connectivity index (χ2n) is 6.16. The summed E-state index contributed by atoms with van der Waals surface area (Å²) in [6, 6.07) is 8.20. The molecule has 0 aromatic heterocycles. The summed E-state index contributed by atoms with van der Waals surface area (Å²) >= 11 is 1.71. The Labute approximate surface area is 142 Å². The van der Waals surface area contributed by atoms with Crippen LogP contribution in [-0.4, -0.2) is 37.8 Å². The molecule has 0 aliphatic heterocycles. The third-order valence-corrected chi connectivity index (χ3v) is 4.81. The van der Waals surface area contributed by atoms with Crippen LogP contribution in [0.25, 0.3) is 0 Å². The smallest absolute Gasteiger partial charge is 0.321 e. The summed E-state index contributed by atoms with van der Waals surface area (Å²) in [6.07, 6.45) is 6.38. The first-order valence-corrected chi connectivity index (χ1v) is 9.34. The number of thioether (sulfide) groups is 1. The molecule has 126 valence electrons. The van der Waals surface area contributed by atoms with Crippen LogP contribution in [0.15, 0.2) is 29.2 Å². The molecule has 2 rings (SSSR count). The van der Waals surface area contributed by atoms with E-state index in [0.29, 0.717) is 0 Å². The fraction of sp³-hybridized carbons (Fsp3) is 0.529. The Hall–Kier alpha value is -1.53. The molecule has 1 aliphatic carbocycles. The Bertz CT molecular complexity index is 527. The van der Waals surface area contributed by atoms with Crippen molar-refractivity contribution < 1.29 is 14.5 Å². The Balaban J connectivity index is 1.71. The largest absolute Gasteiger partial charge is 0.335 e. The maximum absolute atomic E-state index is 11.9. The number of nitrogens with one attached hydrogen (secondary N) is 3. The van der Waals surface area contributed by atoms with Gasteiger partial charge in [0, 0.05) is 16.5 Å². The highest BCUT2D eigenvalue weighted by atomic mass is 32.2. The summed E-state index contributed by atoms with van der Waals surface area (Å²) in [5.41, 5.74) is 1.18. The number of imide groups is 1. The molecule has 6 heteroatoms. The monoisotopic (exact) mass is 336 g/mol. The lowest BCUT2D eigenvalue weighted by Crippen LogP contribution is -3.09. The normalized spacial score (nSPS) is 16.1. The fourth-order valence-electron chi connectivity index (χ4n) is 2.89. The molecule has 1 aromatic rings. The van der Waals surface area contributed by atoms with E-state index in [2.05, 4.69) is 34.9 Å². The lowest BCUT2D eigenvalue weighted by Gasteiger charge is -2.15.